The van der Waals surface area contributed by atoms with Crippen LogP contribution < -0.4 is 10.1 Å². The molecule has 2 heterocycles. The Labute approximate surface area is 171 Å². The van der Waals surface area contributed by atoms with Gasteiger partial charge in [0, 0.05) is 6.07 Å². The first kappa shape index (κ1) is 19.1. The number of rotatable bonds is 5. The van der Waals surface area contributed by atoms with Gasteiger partial charge in [-0.25, -0.2) is 9.37 Å². The van der Waals surface area contributed by atoms with Crippen molar-refractivity contribution in [2.24, 2.45) is 0 Å². The molecular weight excluding hydrogens is 391 g/mol. The largest absolute Gasteiger partial charge is 0.481 e. The maximum Gasteiger partial charge on any atom is 0.263 e. The summed E-state index contributed by atoms with van der Waals surface area (Å²) in [5.41, 5.74) is 3.92. The number of hydrogen-bond acceptors (Lipinski definition) is 5. The molecule has 0 aliphatic rings. The van der Waals surface area contributed by atoms with Crippen molar-refractivity contribution in [1.29, 1.82) is 0 Å². The second-order valence-electron chi connectivity index (χ2n) is 6.78. The summed E-state index contributed by atoms with van der Waals surface area (Å²) in [4.78, 5) is 17.0. The fraction of sp³-hybridized carbons (Fsp3) is 0.190. The highest BCUT2D eigenvalue weighted by Gasteiger charge is 2.16. The molecule has 2 aromatic carbocycles. The number of hydrogen-bond donors (Lipinski definition) is 1. The number of ether oxygens (including phenoxy) is 1. The van der Waals surface area contributed by atoms with Crippen molar-refractivity contribution in [3.05, 3.63) is 65.1 Å². The molecule has 0 unspecified atom stereocenters. The number of halogens is 1. The molecule has 4 aromatic rings. The Kier molecular flexibility index (Phi) is 5.02. The lowest BCUT2D eigenvalue weighted by molar-refractivity contribution is -0.118. The molecule has 29 heavy (non-hydrogen) atoms. The Morgan fingerprint density at radius 1 is 1.21 bits per heavy atom. The highest BCUT2D eigenvalue weighted by Crippen LogP contribution is 2.30. The normalized spacial score (nSPS) is 11.0. The summed E-state index contributed by atoms with van der Waals surface area (Å²) in [6, 6.07) is 11.9. The third-order valence-electron chi connectivity index (χ3n) is 4.29. The van der Waals surface area contributed by atoms with Crippen LogP contribution in [0.25, 0.3) is 15.3 Å². The molecule has 6 nitrogen and oxygen atoms in total. The van der Waals surface area contributed by atoms with E-state index in [4.69, 9.17) is 9.72 Å². The van der Waals surface area contributed by atoms with Crippen LogP contribution in [-0.4, -0.2) is 27.3 Å². The van der Waals surface area contributed by atoms with E-state index in [1.807, 2.05) is 20.8 Å². The molecule has 148 valence electrons. The average molecular weight is 410 g/mol. The number of aromatic nitrogens is 3. The summed E-state index contributed by atoms with van der Waals surface area (Å²) in [6.45, 7) is 5.59. The highest BCUT2D eigenvalue weighted by atomic mass is 32.1. The fourth-order valence-electron chi connectivity index (χ4n) is 3.07. The van der Waals surface area contributed by atoms with Crippen LogP contribution in [0, 0.1) is 26.6 Å². The minimum atomic E-state index is -0.513. The van der Waals surface area contributed by atoms with Crippen molar-refractivity contribution in [1.82, 2.24) is 14.8 Å². The number of fused-ring (bicyclic) bond motifs is 1. The minimum absolute atomic E-state index is 0.0318. The number of para-hydroxylation sites is 1. The molecule has 0 radical (unpaired) electrons. The van der Waals surface area contributed by atoms with E-state index in [1.54, 1.807) is 22.9 Å². The zero-order valence-electron chi connectivity index (χ0n) is 16.2. The Hall–Kier alpha value is -3.26. The number of thiazole rings is 1. The molecule has 0 saturated carbocycles. The summed E-state index contributed by atoms with van der Waals surface area (Å²) in [5, 5.41) is 7.89. The Bertz CT molecular complexity index is 1210. The molecule has 0 fully saturated rings. The number of carbonyl (C=O) groups excluding carboxylic acids is 1. The van der Waals surface area contributed by atoms with Gasteiger partial charge in [-0.05, 0) is 50.1 Å². The van der Waals surface area contributed by atoms with Crippen LogP contribution in [0.5, 0.6) is 5.75 Å². The van der Waals surface area contributed by atoms with Crippen LogP contribution in [0.2, 0.25) is 0 Å². The molecular formula is C21H19FN4O2S. The molecule has 4 rings (SSSR count). The number of aryl methyl sites for hydroxylation is 3. The summed E-state index contributed by atoms with van der Waals surface area (Å²) in [6.07, 6.45) is 0. The van der Waals surface area contributed by atoms with E-state index in [0.717, 1.165) is 21.5 Å². The Morgan fingerprint density at radius 3 is 2.79 bits per heavy atom. The van der Waals surface area contributed by atoms with Gasteiger partial charge in [0.05, 0.1) is 15.9 Å². The Morgan fingerprint density at radius 2 is 2.00 bits per heavy atom. The summed E-state index contributed by atoms with van der Waals surface area (Å²) in [7, 11) is 0. The molecule has 1 amide bonds. The van der Waals surface area contributed by atoms with Crippen LogP contribution in [0.4, 0.5) is 10.2 Å². The lowest BCUT2D eigenvalue weighted by Gasteiger charge is -2.08. The fourth-order valence-corrected chi connectivity index (χ4v) is 4.18. The maximum atomic E-state index is 13.6. The molecule has 1 N–H and O–H groups in total. The van der Waals surface area contributed by atoms with Gasteiger partial charge in [0.1, 0.15) is 5.82 Å². The molecule has 0 bridgehead atoms. The van der Waals surface area contributed by atoms with Gasteiger partial charge in [-0.2, -0.15) is 9.78 Å². The lowest BCUT2D eigenvalue weighted by Crippen LogP contribution is -2.22. The molecule has 0 aliphatic heterocycles. The summed E-state index contributed by atoms with van der Waals surface area (Å²) < 4.78 is 21.6. The van der Waals surface area contributed by atoms with Gasteiger partial charge in [0.25, 0.3) is 5.91 Å². The summed E-state index contributed by atoms with van der Waals surface area (Å²) in [5.74, 6) is -0.411. The van der Waals surface area contributed by atoms with E-state index in [2.05, 4.69) is 22.5 Å². The van der Waals surface area contributed by atoms with Gasteiger partial charge in [0.2, 0.25) is 5.13 Å². The zero-order valence-corrected chi connectivity index (χ0v) is 17.0. The number of nitrogens with one attached hydrogen (secondary N) is 1. The summed E-state index contributed by atoms with van der Waals surface area (Å²) >= 11 is 1.50. The van der Waals surface area contributed by atoms with Crippen LogP contribution >= 0.6 is 11.3 Å². The first-order chi connectivity index (χ1) is 13.9. The van der Waals surface area contributed by atoms with Crippen LogP contribution in [0.15, 0.2) is 42.5 Å². The van der Waals surface area contributed by atoms with Crippen molar-refractivity contribution < 1.29 is 13.9 Å². The topological polar surface area (TPSA) is 69.0 Å². The molecule has 8 heteroatoms. The zero-order chi connectivity index (χ0) is 20.5. The van der Waals surface area contributed by atoms with Crippen LogP contribution in [-0.2, 0) is 4.79 Å². The standard InChI is InChI=1S/C21H19FN4O2S/c1-12-8-13(2)20-17(9-12)29-21(24-20)26-18(10-14(3)25-26)23-19(27)11-28-16-7-5-4-6-15(16)22/h4-10H,11H2,1-3H3,(H,23,27). The van der Waals surface area contributed by atoms with E-state index in [0.29, 0.717) is 10.9 Å². The predicted octanol–water partition coefficient (Wildman–Crippen LogP) is 4.56. The van der Waals surface area contributed by atoms with E-state index in [-0.39, 0.29) is 12.4 Å². The monoisotopic (exact) mass is 410 g/mol. The van der Waals surface area contributed by atoms with E-state index in [1.165, 1.54) is 29.0 Å². The van der Waals surface area contributed by atoms with Crippen molar-refractivity contribution in [2.45, 2.75) is 20.8 Å². The second-order valence-corrected chi connectivity index (χ2v) is 7.78. The van der Waals surface area contributed by atoms with Crippen molar-refractivity contribution in [3.8, 4) is 10.9 Å². The third kappa shape index (κ3) is 3.97. The molecule has 0 aliphatic carbocycles. The highest BCUT2D eigenvalue weighted by molar-refractivity contribution is 7.20. The van der Waals surface area contributed by atoms with E-state index >= 15 is 0 Å². The molecule has 0 saturated heterocycles. The number of amides is 1. The van der Waals surface area contributed by atoms with Gasteiger partial charge in [-0.15, -0.1) is 0 Å². The number of benzene rings is 2. The number of nitrogens with zero attached hydrogens (tertiary/aromatic N) is 3. The number of carbonyl (C=O) groups is 1. The quantitative estimate of drug-likeness (QED) is 0.524. The molecule has 2 aromatic heterocycles. The maximum absolute atomic E-state index is 13.6. The van der Waals surface area contributed by atoms with E-state index < -0.39 is 11.7 Å². The Balaban J connectivity index is 1.56. The van der Waals surface area contributed by atoms with Gasteiger partial charge in [-0.1, -0.05) is 29.5 Å². The molecule has 0 atom stereocenters. The predicted molar refractivity (Wildman–Crippen MR) is 111 cm³/mol. The van der Waals surface area contributed by atoms with Crippen molar-refractivity contribution >= 4 is 33.3 Å². The number of anilines is 1. The van der Waals surface area contributed by atoms with Crippen LogP contribution in [0.1, 0.15) is 16.8 Å². The van der Waals surface area contributed by atoms with Gasteiger partial charge in [0.15, 0.2) is 18.2 Å². The minimum Gasteiger partial charge on any atom is -0.481 e. The average Bonchev–Trinajstić information content (AvgIpc) is 3.24. The van der Waals surface area contributed by atoms with Gasteiger partial charge >= 0.3 is 0 Å². The van der Waals surface area contributed by atoms with E-state index in [9.17, 15) is 9.18 Å². The van der Waals surface area contributed by atoms with Crippen molar-refractivity contribution in [3.63, 3.8) is 0 Å². The van der Waals surface area contributed by atoms with Crippen molar-refractivity contribution in [2.75, 3.05) is 11.9 Å². The van der Waals surface area contributed by atoms with Crippen LogP contribution in [0.3, 0.4) is 0 Å². The lowest BCUT2D eigenvalue weighted by atomic mass is 10.1. The first-order valence-corrected chi connectivity index (χ1v) is 9.84. The third-order valence-corrected chi connectivity index (χ3v) is 5.27. The first-order valence-electron chi connectivity index (χ1n) is 9.03. The van der Waals surface area contributed by atoms with Gasteiger partial charge < -0.3 is 10.1 Å². The molecule has 0 spiro atoms. The SMILES string of the molecule is Cc1cc(C)c2nc(-n3nc(C)cc3NC(=O)COc3ccccc3F)sc2c1. The second kappa shape index (κ2) is 7.63. The smallest absolute Gasteiger partial charge is 0.263 e. The van der Waals surface area contributed by atoms with Gasteiger partial charge in [-0.3, -0.25) is 4.79 Å².